The van der Waals surface area contributed by atoms with E-state index < -0.39 is 35.9 Å². The van der Waals surface area contributed by atoms with Crippen molar-refractivity contribution in [3.05, 3.63) is 0 Å². The van der Waals surface area contributed by atoms with Gasteiger partial charge in [-0.3, -0.25) is 9.59 Å². The van der Waals surface area contributed by atoms with Gasteiger partial charge >= 0.3 is 6.09 Å². The van der Waals surface area contributed by atoms with Gasteiger partial charge in [0.2, 0.25) is 11.8 Å². The Hall–Kier alpha value is -2.34. The molecule has 0 spiro atoms. The molecule has 1 aliphatic carbocycles. The van der Waals surface area contributed by atoms with Crippen molar-refractivity contribution < 1.29 is 24.2 Å². The fourth-order valence-electron chi connectivity index (χ4n) is 6.16. The number of fused-ring (bicyclic) bond motifs is 3. The molecule has 2 heterocycles. The number of aliphatic hydroxyl groups excluding tert-OH is 1. The number of carbonyl (C=O) groups is 3. The standard InChI is InChI=1S/C28H46N4O5/c1-27(2,3)37-26(36)31-20-15-13-11-9-7-6-8-10-12-14-19(21(33)16-29)30-24(34)23-22-18(28(22,4)5)17-32(23)25(20)35/h18-23,33H,6-15,17H2,1-5H3,(H,30,34)(H,31,36)/t18?,19-,20?,21?,22?,23-/m0/s1. The minimum atomic E-state index is -1.30. The van der Waals surface area contributed by atoms with Crippen LogP contribution in [0.5, 0.6) is 0 Å². The van der Waals surface area contributed by atoms with Gasteiger partial charge in [-0.1, -0.05) is 65.2 Å². The summed E-state index contributed by atoms with van der Waals surface area (Å²) >= 11 is 0. The van der Waals surface area contributed by atoms with Crippen LogP contribution in [0.2, 0.25) is 0 Å². The predicted octanol–water partition coefficient (Wildman–Crippen LogP) is 3.65. The van der Waals surface area contributed by atoms with Crippen molar-refractivity contribution in [1.29, 1.82) is 5.26 Å². The van der Waals surface area contributed by atoms with Crippen LogP contribution < -0.4 is 10.6 Å². The van der Waals surface area contributed by atoms with Gasteiger partial charge in [0.15, 0.2) is 6.10 Å². The fourth-order valence-corrected chi connectivity index (χ4v) is 6.16. The van der Waals surface area contributed by atoms with E-state index in [1.165, 1.54) is 0 Å². The van der Waals surface area contributed by atoms with Gasteiger partial charge in [-0.05, 0) is 50.9 Å². The first kappa shape index (κ1) is 29.2. The molecule has 3 rings (SSSR count). The zero-order chi connectivity index (χ0) is 27.4. The van der Waals surface area contributed by atoms with Crippen LogP contribution in [0.15, 0.2) is 0 Å². The van der Waals surface area contributed by atoms with Crippen molar-refractivity contribution in [2.24, 2.45) is 17.3 Å². The Kier molecular flexibility index (Phi) is 9.49. The zero-order valence-corrected chi connectivity index (χ0v) is 23.2. The van der Waals surface area contributed by atoms with Crippen molar-refractivity contribution in [1.82, 2.24) is 15.5 Å². The number of carbonyl (C=O) groups excluding carboxylic acids is 3. The van der Waals surface area contributed by atoms with E-state index in [1.54, 1.807) is 25.7 Å². The van der Waals surface area contributed by atoms with Crippen LogP contribution in [0.4, 0.5) is 4.79 Å². The molecular formula is C28H46N4O5. The molecule has 6 atom stereocenters. The highest BCUT2D eigenvalue weighted by Gasteiger charge is 2.69. The Morgan fingerprint density at radius 1 is 1.11 bits per heavy atom. The highest BCUT2D eigenvalue weighted by Crippen LogP contribution is 2.65. The Morgan fingerprint density at radius 3 is 2.24 bits per heavy atom. The fraction of sp³-hybridized carbons (Fsp3) is 0.857. The van der Waals surface area contributed by atoms with Crippen LogP contribution >= 0.6 is 0 Å². The summed E-state index contributed by atoms with van der Waals surface area (Å²) in [6, 6.07) is -0.281. The number of rotatable bonds is 2. The number of aliphatic hydroxyl groups is 1. The minimum absolute atomic E-state index is 0.000545. The van der Waals surface area contributed by atoms with Gasteiger partial charge in [0.1, 0.15) is 17.7 Å². The summed E-state index contributed by atoms with van der Waals surface area (Å²) in [4.78, 5) is 41.7. The second kappa shape index (κ2) is 12.0. The first-order valence-corrected chi connectivity index (χ1v) is 14.0. The summed E-state index contributed by atoms with van der Waals surface area (Å²) in [6.45, 7) is 10.00. The number of nitrogens with one attached hydrogen (secondary N) is 2. The highest BCUT2D eigenvalue weighted by atomic mass is 16.6. The van der Waals surface area contributed by atoms with Gasteiger partial charge in [0, 0.05) is 6.54 Å². The van der Waals surface area contributed by atoms with Crippen LogP contribution in [-0.2, 0) is 14.3 Å². The molecule has 0 aromatic carbocycles. The molecule has 0 aromatic heterocycles. The molecule has 9 nitrogen and oxygen atoms in total. The van der Waals surface area contributed by atoms with Crippen LogP contribution in [0.3, 0.4) is 0 Å². The van der Waals surface area contributed by atoms with Gasteiger partial charge in [0.05, 0.1) is 12.1 Å². The average Bonchev–Trinajstić information content (AvgIpc) is 3.15. The predicted molar refractivity (Wildman–Crippen MR) is 139 cm³/mol. The lowest BCUT2D eigenvalue weighted by molar-refractivity contribution is -0.142. The first-order chi connectivity index (χ1) is 17.4. The lowest BCUT2D eigenvalue weighted by atomic mass is 9.97. The van der Waals surface area contributed by atoms with E-state index in [1.807, 2.05) is 6.07 Å². The first-order valence-electron chi connectivity index (χ1n) is 14.0. The summed E-state index contributed by atoms with van der Waals surface area (Å²) < 4.78 is 5.43. The van der Waals surface area contributed by atoms with Gasteiger partial charge in [0.25, 0.3) is 0 Å². The maximum Gasteiger partial charge on any atom is 0.408 e. The molecule has 3 aliphatic rings. The number of hydrogen-bond donors (Lipinski definition) is 3. The second-order valence-corrected chi connectivity index (χ2v) is 12.7. The SMILES string of the molecule is CC(C)(C)OC(=O)NC1CCCCCCCCCC[C@@H](C(O)C#N)NC(=O)[C@@H]2C3C(CN2C1=O)C3(C)C. The number of nitrogens with zero attached hydrogens (tertiary/aromatic N) is 2. The molecule has 4 unspecified atom stereocenters. The molecule has 37 heavy (non-hydrogen) atoms. The lowest BCUT2D eigenvalue weighted by Gasteiger charge is -2.34. The summed E-state index contributed by atoms with van der Waals surface area (Å²) in [5.41, 5.74) is -0.767. The van der Waals surface area contributed by atoms with E-state index in [0.717, 1.165) is 51.4 Å². The lowest BCUT2D eigenvalue weighted by Crippen LogP contribution is -2.58. The molecule has 0 aromatic rings. The van der Waals surface area contributed by atoms with Gasteiger partial charge in [-0.15, -0.1) is 0 Å². The number of ether oxygens (including phenoxy) is 1. The van der Waals surface area contributed by atoms with Crippen molar-refractivity contribution in [3.8, 4) is 6.07 Å². The molecule has 1 saturated carbocycles. The smallest absolute Gasteiger partial charge is 0.408 e. The van der Waals surface area contributed by atoms with Gasteiger partial charge in [-0.25, -0.2) is 4.79 Å². The third kappa shape index (κ3) is 7.37. The summed E-state index contributed by atoms with van der Waals surface area (Å²) in [5, 5.41) is 25.4. The largest absolute Gasteiger partial charge is 0.444 e. The molecular weight excluding hydrogens is 472 g/mol. The third-order valence-electron chi connectivity index (χ3n) is 8.35. The number of piperidine rings is 1. The quantitative estimate of drug-likeness (QED) is 0.478. The van der Waals surface area contributed by atoms with E-state index in [4.69, 9.17) is 4.74 Å². The molecule has 0 bridgehead atoms. The van der Waals surface area contributed by atoms with Crippen LogP contribution in [0, 0.1) is 28.6 Å². The number of amides is 3. The van der Waals surface area contributed by atoms with Crippen molar-refractivity contribution >= 4 is 17.9 Å². The second-order valence-electron chi connectivity index (χ2n) is 12.7. The molecule has 9 heteroatoms. The van der Waals surface area contributed by atoms with E-state index in [9.17, 15) is 24.8 Å². The Bertz CT molecular complexity index is 877. The van der Waals surface area contributed by atoms with Crippen LogP contribution in [0.25, 0.3) is 0 Å². The Labute approximate surface area is 221 Å². The van der Waals surface area contributed by atoms with Crippen LogP contribution in [0.1, 0.15) is 98.8 Å². The number of hydrogen-bond acceptors (Lipinski definition) is 6. The van der Waals surface area contributed by atoms with E-state index in [-0.39, 0.29) is 29.1 Å². The number of nitriles is 1. The maximum atomic E-state index is 13.8. The van der Waals surface area contributed by atoms with E-state index in [2.05, 4.69) is 24.5 Å². The molecule has 2 saturated heterocycles. The van der Waals surface area contributed by atoms with Crippen molar-refractivity contribution in [3.63, 3.8) is 0 Å². The summed E-state index contributed by atoms with van der Waals surface area (Å²) in [6.07, 6.45) is 6.96. The van der Waals surface area contributed by atoms with Gasteiger partial charge in [-0.2, -0.15) is 5.26 Å². The van der Waals surface area contributed by atoms with E-state index >= 15 is 0 Å². The molecule has 3 N–H and O–H groups in total. The summed E-state index contributed by atoms with van der Waals surface area (Å²) in [5.74, 6) is -0.401. The molecule has 3 fully saturated rings. The topological polar surface area (TPSA) is 132 Å². The number of alkyl carbamates (subject to hydrolysis) is 1. The normalized spacial score (nSPS) is 32.1. The third-order valence-corrected chi connectivity index (χ3v) is 8.35. The van der Waals surface area contributed by atoms with E-state index in [0.29, 0.717) is 19.4 Å². The Balaban J connectivity index is 1.84. The van der Waals surface area contributed by atoms with Gasteiger partial charge < -0.3 is 25.4 Å². The molecule has 208 valence electrons. The molecule has 0 radical (unpaired) electrons. The minimum Gasteiger partial charge on any atom is -0.444 e. The maximum absolute atomic E-state index is 13.8. The van der Waals surface area contributed by atoms with Crippen molar-refractivity contribution in [2.45, 2.75) is 129 Å². The highest BCUT2D eigenvalue weighted by molar-refractivity contribution is 5.93. The zero-order valence-electron chi connectivity index (χ0n) is 23.2. The Morgan fingerprint density at radius 2 is 1.68 bits per heavy atom. The van der Waals surface area contributed by atoms with Crippen molar-refractivity contribution in [2.75, 3.05) is 6.54 Å². The molecule has 3 amide bonds. The van der Waals surface area contributed by atoms with Crippen LogP contribution in [-0.4, -0.2) is 64.3 Å². The summed E-state index contributed by atoms with van der Waals surface area (Å²) in [7, 11) is 0. The monoisotopic (exact) mass is 518 g/mol. The molecule has 2 aliphatic heterocycles. The average molecular weight is 519 g/mol.